The summed E-state index contributed by atoms with van der Waals surface area (Å²) in [5.41, 5.74) is 0.800. The number of aliphatic hydroxyl groups excluding tert-OH is 1. The van der Waals surface area contributed by atoms with Crippen LogP contribution in [0.4, 0.5) is 5.69 Å². The third kappa shape index (κ3) is 1.76. The molecule has 1 aromatic heterocycles. The van der Waals surface area contributed by atoms with Crippen molar-refractivity contribution in [3.05, 3.63) is 39.7 Å². The highest BCUT2D eigenvalue weighted by Gasteiger charge is 2.24. The van der Waals surface area contributed by atoms with Crippen LogP contribution < -0.4 is 4.74 Å². The molecule has 0 aliphatic heterocycles. The van der Waals surface area contributed by atoms with Crippen molar-refractivity contribution in [2.24, 2.45) is 0 Å². The van der Waals surface area contributed by atoms with E-state index in [1.807, 2.05) is 0 Å². The van der Waals surface area contributed by atoms with Gasteiger partial charge < -0.3 is 9.84 Å². The highest BCUT2D eigenvalue weighted by molar-refractivity contribution is 5.96. The molecular weight excluding hydrogens is 236 g/mol. The first-order valence-corrected chi connectivity index (χ1v) is 5.30. The van der Waals surface area contributed by atoms with E-state index in [0.29, 0.717) is 16.3 Å². The molecule has 2 aromatic rings. The minimum absolute atomic E-state index is 0.148. The maximum absolute atomic E-state index is 11.2. The zero-order chi connectivity index (χ0) is 13.3. The fourth-order valence-electron chi connectivity index (χ4n) is 2.07. The van der Waals surface area contributed by atoms with Crippen molar-refractivity contribution in [3.63, 3.8) is 0 Å². The van der Waals surface area contributed by atoms with Gasteiger partial charge in [0.25, 0.3) is 0 Å². The number of hydrogen-bond donors (Lipinski definition) is 1. The van der Waals surface area contributed by atoms with Crippen molar-refractivity contribution in [3.8, 4) is 5.75 Å². The van der Waals surface area contributed by atoms with E-state index in [1.165, 1.54) is 13.3 Å². The normalized spacial score (nSPS) is 10.6. The lowest BCUT2D eigenvalue weighted by molar-refractivity contribution is -0.384. The molecule has 0 aliphatic carbocycles. The van der Waals surface area contributed by atoms with Crippen LogP contribution in [0.15, 0.2) is 18.3 Å². The average molecular weight is 248 g/mol. The molecule has 0 fully saturated rings. The van der Waals surface area contributed by atoms with Gasteiger partial charge in [0.15, 0.2) is 0 Å². The van der Waals surface area contributed by atoms with Crippen LogP contribution >= 0.6 is 0 Å². The molecule has 1 aromatic carbocycles. The first-order valence-electron chi connectivity index (χ1n) is 5.30. The predicted molar refractivity (Wildman–Crippen MR) is 65.6 cm³/mol. The van der Waals surface area contributed by atoms with E-state index in [0.717, 1.165) is 0 Å². The average Bonchev–Trinajstić information content (AvgIpc) is 2.35. The van der Waals surface area contributed by atoms with E-state index < -0.39 is 4.92 Å². The second-order valence-electron chi connectivity index (χ2n) is 3.85. The third-order valence-electron chi connectivity index (χ3n) is 2.78. The van der Waals surface area contributed by atoms with Gasteiger partial charge in [0.05, 0.1) is 29.7 Å². The van der Waals surface area contributed by atoms with Crippen molar-refractivity contribution in [1.29, 1.82) is 0 Å². The first-order chi connectivity index (χ1) is 8.60. The maximum atomic E-state index is 11.2. The van der Waals surface area contributed by atoms with Gasteiger partial charge in [0.2, 0.25) is 5.75 Å². The standard InChI is InChI=1S/C12H12N2O4/c1-7-5-8-3-4-13-9(6-15)10(8)11(14(16)17)12(7)18-2/h3-5,15H,6H2,1-2H3. The molecule has 0 spiro atoms. The number of nitro groups is 1. The Hall–Kier alpha value is -2.21. The summed E-state index contributed by atoms with van der Waals surface area (Å²) in [6.45, 7) is 1.38. The van der Waals surface area contributed by atoms with Gasteiger partial charge in [-0.1, -0.05) is 0 Å². The maximum Gasteiger partial charge on any atom is 0.320 e. The molecule has 94 valence electrons. The SMILES string of the molecule is COc1c(C)cc2ccnc(CO)c2c1[N+](=O)[O-]. The molecule has 0 bridgehead atoms. The molecule has 0 saturated heterocycles. The second-order valence-corrected chi connectivity index (χ2v) is 3.85. The Labute approximate surface area is 103 Å². The van der Waals surface area contributed by atoms with Crippen LogP contribution in [0, 0.1) is 17.0 Å². The number of nitrogens with zero attached hydrogens (tertiary/aromatic N) is 2. The molecule has 6 heteroatoms. The van der Waals surface area contributed by atoms with Crippen LogP contribution in [-0.2, 0) is 6.61 Å². The van der Waals surface area contributed by atoms with E-state index >= 15 is 0 Å². The Morgan fingerprint density at radius 3 is 2.83 bits per heavy atom. The number of nitro benzene ring substituents is 1. The molecule has 0 unspecified atom stereocenters. The summed E-state index contributed by atoms with van der Waals surface area (Å²) >= 11 is 0. The van der Waals surface area contributed by atoms with Gasteiger partial charge in [0, 0.05) is 6.20 Å². The van der Waals surface area contributed by atoms with Gasteiger partial charge in [-0.3, -0.25) is 15.1 Å². The molecule has 1 heterocycles. The van der Waals surface area contributed by atoms with Crippen LogP contribution in [0.3, 0.4) is 0 Å². The van der Waals surface area contributed by atoms with Gasteiger partial charge in [0.1, 0.15) is 0 Å². The van der Waals surface area contributed by atoms with E-state index in [-0.39, 0.29) is 23.7 Å². The molecule has 18 heavy (non-hydrogen) atoms. The van der Waals surface area contributed by atoms with Gasteiger partial charge >= 0.3 is 5.69 Å². The molecular formula is C12H12N2O4. The number of hydrogen-bond acceptors (Lipinski definition) is 5. The van der Waals surface area contributed by atoms with Gasteiger partial charge in [-0.15, -0.1) is 0 Å². The van der Waals surface area contributed by atoms with Crippen molar-refractivity contribution in [2.75, 3.05) is 7.11 Å². The lowest BCUT2D eigenvalue weighted by Gasteiger charge is -2.10. The smallest absolute Gasteiger partial charge is 0.320 e. The molecule has 6 nitrogen and oxygen atoms in total. The van der Waals surface area contributed by atoms with Gasteiger partial charge in [-0.2, -0.15) is 0 Å². The number of methoxy groups -OCH3 is 1. The summed E-state index contributed by atoms with van der Waals surface area (Å²) in [6, 6.07) is 3.45. The van der Waals surface area contributed by atoms with Crippen molar-refractivity contribution in [2.45, 2.75) is 13.5 Å². The summed E-state index contributed by atoms with van der Waals surface area (Å²) in [5, 5.41) is 21.5. The Morgan fingerprint density at radius 1 is 1.56 bits per heavy atom. The fourth-order valence-corrected chi connectivity index (χ4v) is 2.07. The number of pyridine rings is 1. The lowest BCUT2D eigenvalue weighted by Crippen LogP contribution is -2.01. The number of fused-ring (bicyclic) bond motifs is 1. The highest BCUT2D eigenvalue weighted by atomic mass is 16.6. The summed E-state index contributed by atoms with van der Waals surface area (Å²) in [5.74, 6) is 0.204. The van der Waals surface area contributed by atoms with Crippen molar-refractivity contribution >= 4 is 16.5 Å². The monoisotopic (exact) mass is 248 g/mol. The Balaban J connectivity index is 2.99. The zero-order valence-corrected chi connectivity index (χ0v) is 10.0. The van der Waals surface area contributed by atoms with Crippen molar-refractivity contribution in [1.82, 2.24) is 4.98 Å². The number of rotatable bonds is 3. The fraction of sp³-hybridized carbons (Fsp3) is 0.250. The Bertz CT molecular complexity index is 625. The summed E-state index contributed by atoms with van der Waals surface area (Å²) in [6.07, 6.45) is 1.52. The summed E-state index contributed by atoms with van der Waals surface area (Å²) in [4.78, 5) is 14.7. The summed E-state index contributed by atoms with van der Waals surface area (Å²) in [7, 11) is 1.39. The molecule has 0 atom stereocenters. The first kappa shape index (κ1) is 12.3. The summed E-state index contributed by atoms with van der Waals surface area (Å²) < 4.78 is 5.09. The largest absolute Gasteiger partial charge is 0.490 e. The van der Waals surface area contributed by atoms with Crippen LogP contribution in [0.1, 0.15) is 11.3 Å². The number of aromatic nitrogens is 1. The number of aryl methyl sites for hydroxylation is 1. The lowest BCUT2D eigenvalue weighted by atomic mass is 10.0. The van der Waals surface area contributed by atoms with Crippen LogP contribution in [-0.4, -0.2) is 22.1 Å². The van der Waals surface area contributed by atoms with Crippen LogP contribution in [0.2, 0.25) is 0 Å². The number of ether oxygens (including phenoxy) is 1. The number of benzene rings is 1. The minimum atomic E-state index is -0.505. The van der Waals surface area contributed by atoms with E-state index in [2.05, 4.69) is 4.98 Å². The highest BCUT2D eigenvalue weighted by Crippen LogP contribution is 2.39. The minimum Gasteiger partial charge on any atom is -0.490 e. The molecule has 2 rings (SSSR count). The van der Waals surface area contributed by atoms with Gasteiger partial charge in [-0.25, -0.2) is 0 Å². The molecule has 1 N–H and O–H groups in total. The Kier molecular flexibility index (Phi) is 3.12. The third-order valence-corrected chi connectivity index (χ3v) is 2.78. The quantitative estimate of drug-likeness (QED) is 0.662. The van der Waals surface area contributed by atoms with Crippen LogP contribution in [0.5, 0.6) is 5.75 Å². The van der Waals surface area contributed by atoms with Gasteiger partial charge in [-0.05, 0) is 30.0 Å². The van der Waals surface area contributed by atoms with Crippen molar-refractivity contribution < 1.29 is 14.8 Å². The molecule has 0 amide bonds. The second kappa shape index (κ2) is 4.58. The zero-order valence-electron chi connectivity index (χ0n) is 10.0. The van der Waals surface area contributed by atoms with E-state index in [1.54, 1.807) is 19.1 Å². The molecule has 0 radical (unpaired) electrons. The predicted octanol–water partition coefficient (Wildman–Crippen LogP) is 1.95. The topological polar surface area (TPSA) is 85.5 Å². The van der Waals surface area contributed by atoms with Crippen LogP contribution in [0.25, 0.3) is 10.8 Å². The molecule has 0 aliphatic rings. The number of aliphatic hydroxyl groups is 1. The van der Waals surface area contributed by atoms with E-state index in [4.69, 9.17) is 4.74 Å². The Morgan fingerprint density at radius 2 is 2.28 bits per heavy atom. The molecule has 0 saturated carbocycles. The van der Waals surface area contributed by atoms with E-state index in [9.17, 15) is 15.2 Å².